The second-order valence-corrected chi connectivity index (χ2v) is 16.4. The summed E-state index contributed by atoms with van der Waals surface area (Å²) in [6.45, 7) is 32.3. The van der Waals surface area contributed by atoms with Crippen LogP contribution in [-0.2, 0) is 19.6 Å². The van der Waals surface area contributed by atoms with Crippen molar-refractivity contribution >= 4 is 12.4 Å². The van der Waals surface area contributed by atoms with E-state index in [0.717, 1.165) is 155 Å². The minimum absolute atomic E-state index is 0. The Kier molecular flexibility index (Phi) is 33.2. The normalized spacial score (nSPS) is 11.7. The van der Waals surface area contributed by atoms with Gasteiger partial charge in [-0.2, -0.15) is 0 Å². The molecule has 0 bridgehead atoms. The van der Waals surface area contributed by atoms with Gasteiger partial charge in [-0.1, -0.05) is 65.8 Å². The zero-order chi connectivity index (χ0) is 38.9. The van der Waals surface area contributed by atoms with Crippen LogP contribution < -0.4 is 47.9 Å². The lowest BCUT2D eigenvalue weighted by Gasteiger charge is -2.14. The molecule has 0 aromatic heterocycles. The Labute approximate surface area is 345 Å². The summed E-state index contributed by atoms with van der Waals surface area (Å²) in [4.78, 5) is 0. The van der Waals surface area contributed by atoms with Crippen LogP contribution in [0.25, 0.3) is 11.1 Å². The van der Waals surface area contributed by atoms with Crippen LogP contribution in [0.2, 0.25) is 0 Å². The van der Waals surface area contributed by atoms with E-state index in [1.54, 1.807) is 0 Å². The monoisotopic (exact) mass is 788 g/mol. The molecule has 2 aromatic carbocycles. The number of halogens is 1. The Balaban J connectivity index is 0.0000151. The van der Waals surface area contributed by atoms with Crippen LogP contribution >= 0.6 is 12.4 Å². The van der Waals surface area contributed by atoms with Gasteiger partial charge in [0.15, 0.2) is 0 Å². The summed E-state index contributed by atoms with van der Waals surface area (Å²) in [6.07, 6.45) is 6.96. The molecule has 0 atom stereocenters. The molecule has 0 heterocycles. The first-order valence-corrected chi connectivity index (χ1v) is 21.9. The largest absolute Gasteiger partial charge is 0.317 e. The van der Waals surface area contributed by atoms with Crippen LogP contribution in [0.15, 0.2) is 42.5 Å². The fourth-order valence-electron chi connectivity index (χ4n) is 6.27. The highest BCUT2D eigenvalue weighted by Gasteiger charge is 2.06. The Bertz CT molecular complexity index is 1100. The number of rotatable bonds is 37. The second-order valence-electron chi connectivity index (χ2n) is 16.4. The van der Waals surface area contributed by atoms with Crippen molar-refractivity contribution in [3.05, 3.63) is 59.2 Å². The van der Waals surface area contributed by atoms with E-state index < -0.39 is 0 Å². The zero-order valence-corrected chi connectivity index (χ0v) is 37.0. The minimum atomic E-state index is 0. The SMILES string of the molecule is CC(C)CNCCCNCCCNCc1cccc(-c2cc(CNCCCNCCCNCC(C)C)cc(CNCCCNCCCNCC(C)C)c2)c1.Cl. The van der Waals surface area contributed by atoms with Gasteiger partial charge in [0, 0.05) is 19.6 Å². The standard InChI is InChI=1S/C45H85N9.ClH/c1-38(2)32-49-22-8-16-46-19-11-25-52-35-41-14-7-15-44(29-41)45-30-42(36-53-26-12-20-47-17-9-23-50-33-39(3)4)28-43(31-45)37-54-27-13-21-48-18-10-24-51-34-40(5)6;/h7,14-15,28-31,38-40,46-54H,8-13,16-27,32-37H2,1-6H3;1H. The van der Waals surface area contributed by atoms with E-state index in [9.17, 15) is 0 Å². The highest BCUT2D eigenvalue weighted by atomic mass is 35.5. The maximum atomic E-state index is 3.72. The molecular weight excluding hydrogens is 702 g/mol. The number of nitrogens with one attached hydrogen (secondary N) is 9. The van der Waals surface area contributed by atoms with Crippen molar-refractivity contribution in [2.45, 2.75) is 99.7 Å². The first-order valence-electron chi connectivity index (χ1n) is 21.9. The average molecular weight is 789 g/mol. The maximum Gasteiger partial charge on any atom is 0.0205 e. The molecule has 2 aromatic rings. The van der Waals surface area contributed by atoms with E-state index in [-0.39, 0.29) is 12.4 Å². The lowest BCUT2D eigenvalue weighted by atomic mass is 9.98. The highest BCUT2D eigenvalue weighted by Crippen LogP contribution is 2.24. The van der Waals surface area contributed by atoms with Gasteiger partial charge in [-0.25, -0.2) is 0 Å². The third-order valence-electron chi connectivity index (χ3n) is 9.20. The van der Waals surface area contributed by atoms with E-state index >= 15 is 0 Å². The van der Waals surface area contributed by atoms with E-state index in [1.807, 2.05) is 0 Å². The van der Waals surface area contributed by atoms with Crippen LogP contribution in [0, 0.1) is 17.8 Å². The predicted octanol–water partition coefficient (Wildman–Crippen LogP) is 5.89. The average Bonchev–Trinajstić information content (AvgIpc) is 3.14. The summed E-state index contributed by atoms with van der Waals surface area (Å²) in [5, 5.41) is 32.5. The van der Waals surface area contributed by atoms with Crippen molar-refractivity contribution in [3.63, 3.8) is 0 Å². The molecule has 9 N–H and O–H groups in total. The van der Waals surface area contributed by atoms with Gasteiger partial charge in [-0.05, 0) is 200 Å². The third kappa shape index (κ3) is 30.2. The fourth-order valence-corrected chi connectivity index (χ4v) is 6.27. The van der Waals surface area contributed by atoms with Gasteiger partial charge in [-0.15, -0.1) is 12.4 Å². The van der Waals surface area contributed by atoms with Crippen molar-refractivity contribution in [2.24, 2.45) is 17.8 Å². The third-order valence-corrected chi connectivity index (χ3v) is 9.20. The Morgan fingerprint density at radius 1 is 0.345 bits per heavy atom. The molecule has 0 amide bonds. The van der Waals surface area contributed by atoms with E-state index in [0.29, 0.717) is 0 Å². The Hall–Kier alpha value is -1.63. The number of hydrogen-bond donors (Lipinski definition) is 9. The first kappa shape index (κ1) is 51.4. The van der Waals surface area contributed by atoms with Gasteiger partial charge in [-0.3, -0.25) is 0 Å². The summed E-state index contributed by atoms with van der Waals surface area (Å²) in [5.41, 5.74) is 6.65. The molecular formula is C45H86ClN9. The molecule has 0 unspecified atom stereocenters. The first-order chi connectivity index (χ1) is 26.3. The van der Waals surface area contributed by atoms with Gasteiger partial charge < -0.3 is 47.9 Å². The topological polar surface area (TPSA) is 108 Å². The van der Waals surface area contributed by atoms with Gasteiger partial charge in [0.2, 0.25) is 0 Å². The molecule has 0 aliphatic rings. The molecule has 0 saturated carbocycles. The van der Waals surface area contributed by atoms with Crippen LogP contribution in [-0.4, -0.2) is 98.2 Å². The van der Waals surface area contributed by atoms with Crippen molar-refractivity contribution < 1.29 is 0 Å². The van der Waals surface area contributed by atoms with Crippen LogP contribution in [0.3, 0.4) is 0 Å². The smallest absolute Gasteiger partial charge is 0.0205 e. The molecule has 0 fully saturated rings. The summed E-state index contributed by atoms with van der Waals surface area (Å²) in [7, 11) is 0. The fraction of sp³-hybridized carbons (Fsp3) is 0.733. The molecule has 9 nitrogen and oxygen atoms in total. The van der Waals surface area contributed by atoms with Crippen molar-refractivity contribution in [3.8, 4) is 11.1 Å². The molecule has 2 rings (SSSR count). The van der Waals surface area contributed by atoms with E-state index in [2.05, 4.69) is 132 Å². The van der Waals surface area contributed by atoms with E-state index in [4.69, 9.17) is 0 Å². The van der Waals surface area contributed by atoms with Gasteiger partial charge in [0.05, 0.1) is 0 Å². The molecule has 0 aliphatic heterocycles. The summed E-state index contributed by atoms with van der Waals surface area (Å²) in [5.74, 6) is 2.15. The van der Waals surface area contributed by atoms with Gasteiger partial charge in [0.25, 0.3) is 0 Å². The Morgan fingerprint density at radius 2 is 0.655 bits per heavy atom. The van der Waals surface area contributed by atoms with Crippen molar-refractivity contribution in [1.82, 2.24) is 47.9 Å². The maximum absolute atomic E-state index is 3.72. The lowest BCUT2D eigenvalue weighted by Crippen LogP contribution is -2.26. The van der Waals surface area contributed by atoms with Crippen molar-refractivity contribution in [1.29, 1.82) is 0 Å². The Morgan fingerprint density at radius 3 is 1.02 bits per heavy atom. The molecule has 0 saturated heterocycles. The minimum Gasteiger partial charge on any atom is -0.317 e. The molecule has 0 radical (unpaired) electrons. The molecule has 318 valence electrons. The molecule has 10 heteroatoms. The predicted molar refractivity (Wildman–Crippen MR) is 244 cm³/mol. The number of hydrogen-bond acceptors (Lipinski definition) is 9. The highest BCUT2D eigenvalue weighted by molar-refractivity contribution is 5.85. The molecule has 0 aliphatic carbocycles. The van der Waals surface area contributed by atoms with E-state index in [1.165, 1.54) is 47.1 Å². The van der Waals surface area contributed by atoms with Gasteiger partial charge in [0.1, 0.15) is 0 Å². The van der Waals surface area contributed by atoms with Gasteiger partial charge >= 0.3 is 0 Å². The molecule has 55 heavy (non-hydrogen) atoms. The molecule has 0 spiro atoms. The summed E-state index contributed by atoms with van der Waals surface area (Å²) < 4.78 is 0. The zero-order valence-electron chi connectivity index (χ0n) is 36.2. The van der Waals surface area contributed by atoms with Crippen molar-refractivity contribution in [2.75, 3.05) is 98.2 Å². The van der Waals surface area contributed by atoms with Crippen LogP contribution in [0.4, 0.5) is 0 Å². The summed E-state index contributed by atoms with van der Waals surface area (Å²) in [6, 6.07) is 16.2. The van der Waals surface area contributed by atoms with Crippen LogP contribution in [0.5, 0.6) is 0 Å². The second kappa shape index (κ2) is 35.5. The van der Waals surface area contributed by atoms with Crippen LogP contribution in [0.1, 0.15) is 96.8 Å². The lowest BCUT2D eigenvalue weighted by molar-refractivity contribution is 0.524. The quantitative estimate of drug-likeness (QED) is 0.0388. The number of benzene rings is 2. The summed E-state index contributed by atoms with van der Waals surface area (Å²) >= 11 is 0.